The van der Waals surface area contributed by atoms with Crippen molar-refractivity contribution in [2.75, 3.05) is 5.75 Å². The van der Waals surface area contributed by atoms with Crippen LogP contribution in [-0.4, -0.2) is 11.8 Å². The molecule has 0 fully saturated rings. The molecule has 20 heavy (non-hydrogen) atoms. The summed E-state index contributed by atoms with van der Waals surface area (Å²) in [6, 6.07) is 17.2. The lowest BCUT2D eigenvalue weighted by Gasteiger charge is -2.15. The number of hydrogen-bond acceptors (Lipinski definition) is 3. The summed E-state index contributed by atoms with van der Waals surface area (Å²) in [5, 5.41) is 0. The molecule has 0 saturated carbocycles. The van der Waals surface area contributed by atoms with Crippen LogP contribution in [0.2, 0.25) is 0 Å². The Morgan fingerprint density at radius 3 is 2.60 bits per heavy atom. The molecule has 1 unspecified atom stereocenters. The zero-order valence-electron chi connectivity index (χ0n) is 11.5. The fourth-order valence-corrected chi connectivity index (χ4v) is 3.33. The van der Waals surface area contributed by atoms with Crippen LogP contribution in [0.4, 0.5) is 0 Å². The van der Waals surface area contributed by atoms with E-state index in [1.807, 2.05) is 17.8 Å². The van der Waals surface area contributed by atoms with Crippen LogP contribution in [0.25, 0.3) is 0 Å². The lowest BCUT2D eigenvalue weighted by Crippen LogP contribution is -2.38. The molecule has 0 aliphatic carbocycles. The molecule has 0 bridgehead atoms. The molecule has 0 heterocycles. The molecule has 0 aliphatic heterocycles. The predicted molar refractivity (Wildman–Crippen MR) is 90.9 cm³/mol. The number of nitrogens with one attached hydrogen (secondary N) is 1. The maximum absolute atomic E-state index is 5.67. The van der Waals surface area contributed by atoms with Gasteiger partial charge in [-0.1, -0.05) is 45.8 Å². The van der Waals surface area contributed by atoms with Crippen LogP contribution in [0.5, 0.6) is 0 Å². The van der Waals surface area contributed by atoms with Crippen LogP contribution in [0.3, 0.4) is 0 Å². The highest BCUT2D eigenvalue weighted by Gasteiger charge is 2.09. The van der Waals surface area contributed by atoms with Crippen molar-refractivity contribution in [2.45, 2.75) is 24.3 Å². The Balaban J connectivity index is 1.90. The average Bonchev–Trinajstić information content (AvgIpc) is 2.45. The third-order valence-corrected chi connectivity index (χ3v) is 4.75. The van der Waals surface area contributed by atoms with E-state index in [2.05, 4.69) is 70.7 Å². The Morgan fingerprint density at radius 2 is 1.95 bits per heavy atom. The Labute approximate surface area is 133 Å². The van der Waals surface area contributed by atoms with Crippen molar-refractivity contribution in [3.05, 3.63) is 64.1 Å². The van der Waals surface area contributed by atoms with E-state index in [1.54, 1.807) is 0 Å². The number of aryl methyl sites for hydroxylation is 1. The summed E-state index contributed by atoms with van der Waals surface area (Å²) < 4.78 is 1.11. The summed E-state index contributed by atoms with van der Waals surface area (Å²) in [6.07, 6.45) is 0.925. The third kappa shape index (κ3) is 4.94. The van der Waals surface area contributed by atoms with Gasteiger partial charge in [0, 0.05) is 21.2 Å². The van der Waals surface area contributed by atoms with Crippen LogP contribution < -0.4 is 11.3 Å². The topological polar surface area (TPSA) is 38.0 Å². The SMILES string of the molecule is Cc1ccc(SCC(Cc2cccc(Br)c2)NN)cc1. The van der Waals surface area contributed by atoms with Gasteiger partial charge in [0.05, 0.1) is 0 Å². The Morgan fingerprint density at radius 1 is 1.20 bits per heavy atom. The first-order valence-electron chi connectivity index (χ1n) is 6.57. The molecule has 106 valence electrons. The van der Waals surface area contributed by atoms with E-state index in [1.165, 1.54) is 16.0 Å². The van der Waals surface area contributed by atoms with Gasteiger partial charge in [0.2, 0.25) is 0 Å². The zero-order valence-corrected chi connectivity index (χ0v) is 13.9. The minimum absolute atomic E-state index is 0.260. The van der Waals surface area contributed by atoms with Gasteiger partial charge in [-0.2, -0.15) is 0 Å². The van der Waals surface area contributed by atoms with Crippen molar-refractivity contribution in [1.82, 2.24) is 5.43 Å². The highest BCUT2D eigenvalue weighted by Crippen LogP contribution is 2.20. The van der Waals surface area contributed by atoms with Crippen LogP contribution >= 0.6 is 27.7 Å². The van der Waals surface area contributed by atoms with Crippen LogP contribution in [0, 0.1) is 6.92 Å². The average molecular weight is 351 g/mol. The maximum Gasteiger partial charge on any atom is 0.0344 e. The largest absolute Gasteiger partial charge is 0.271 e. The number of nitrogens with two attached hydrogens (primary N) is 1. The van der Waals surface area contributed by atoms with E-state index in [0.717, 1.165) is 16.6 Å². The van der Waals surface area contributed by atoms with Gasteiger partial charge in [0.25, 0.3) is 0 Å². The van der Waals surface area contributed by atoms with E-state index >= 15 is 0 Å². The van der Waals surface area contributed by atoms with Gasteiger partial charge in [0.1, 0.15) is 0 Å². The van der Waals surface area contributed by atoms with Gasteiger partial charge >= 0.3 is 0 Å². The summed E-state index contributed by atoms with van der Waals surface area (Å²) in [5.41, 5.74) is 5.49. The van der Waals surface area contributed by atoms with Gasteiger partial charge < -0.3 is 0 Å². The summed E-state index contributed by atoms with van der Waals surface area (Å²) in [7, 11) is 0. The fourth-order valence-electron chi connectivity index (χ4n) is 1.95. The van der Waals surface area contributed by atoms with Gasteiger partial charge in [-0.05, 0) is 43.2 Å². The van der Waals surface area contributed by atoms with Crippen LogP contribution in [0.15, 0.2) is 57.9 Å². The Hall–Kier alpha value is -0.810. The minimum atomic E-state index is 0.260. The number of halogens is 1. The molecular weight excluding hydrogens is 332 g/mol. The van der Waals surface area contributed by atoms with Gasteiger partial charge in [0.15, 0.2) is 0 Å². The fraction of sp³-hybridized carbons (Fsp3) is 0.250. The molecule has 3 N–H and O–H groups in total. The highest BCUT2D eigenvalue weighted by molar-refractivity contribution is 9.10. The standard InChI is InChI=1S/C16H19BrN2S/c1-12-5-7-16(8-6-12)20-11-15(19-18)10-13-3-2-4-14(17)9-13/h2-9,15,19H,10-11,18H2,1H3. The lowest BCUT2D eigenvalue weighted by atomic mass is 10.1. The lowest BCUT2D eigenvalue weighted by molar-refractivity contribution is 0.575. The molecule has 2 rings (SSSR count). The zero-order chi connectivity index (χ0) is 14.4. The molecule has 0 spiro atoms. The Kier molecular flexibility index (Phi) is 6.10. The molecule has 0 aromatic heterocycles. The smallest absolute Gasteiger partial charge is 0.0344 e. The number of hydrogen-bond donors (Lipinski definition) is 2. The van der Waals surface area contributed by atoms with Crippen LogP contribution in [0.1, 0.15) is 11.1 Å². The van der Waals surface area contributed by atoms with Crippen LogP contribution in [-0.2, 0) is 6.42 Å². The number of hydrazine groups is 1. The molecule has 0 amide bonds. The molecule has 0 saturated heterocycles. The van der Waals surface area contributed by atoms with Crippen molar-refractivity contribution in [2.24, 2.45) is 5.84 Å². The van der Waals surface area contributed by atoms with Crippen molar-refractivity contribution < 1.29 is 0 Å². The molecule has 1 atom stereocenters. The van der Waals surface area contributed by atoms with E-state index < -0.39 is 0 Å². The van der Waals surface area contributed by atoms with Gasteiger partial charge in [-0.15, -0.1) is 11.8 Å². The Bertz CT molecular complexity index is 542. The number of benzene rings is 2. The van der Waals surface area contributed by atoms with Crippen molar-refractivity contribution in [1.29, 1.82) is 0 Å². The molecule has 0 radical (unpaired) electrons. The number of rotatable bonds is 6. The summed E-state index contributed by atoms with van der Waals surface area (Å²) >= 11 is 5.33. The summed E-state index contributed by atoms with van der Waals surface area (Å²) in [5.74, 6) is 6.62. The van der Waals surface area contributed by atoms with E-state index in [-0.39, 0.29) is 6.04 Å². The van der Waals surface area contributed by atoms with E-state index in [0.29, 0.717) is 0 Å². The van der Waals surface area contributed by atoms with E-state index in [4.69, 9.17) is 5.84 Å². The summed E-state index contributed by atoms with van der Waals surface area (Å²) in [4.78, 5) is 1.28. The second kappa shape index (κ2) is 7.84. The van der Waals surface area contributed by atoms with Crippen molar-refractivity contribution in [3.63, 3.8) is 0 Å². The second-order valence-corrected chi connectivity index (χ2v) is 6.83. The normalized spacial score (nSPS) is 12.3. The van der Waals surface area contributed by atoms with Crippen molar-refractivity contribution >= 4 is 27.7 Å². The molecule has 4 heteroatoms. The first kappa shape index (κ1) is 15.6. The number of thioether (sulfide) groups is 1. The first-order valence-corrected chi connectivity index (χ1v) is 8.35. The molecule has 2 nitrogen and oxygen atoms in total. The minimum Gasteiger partial charge on any atom is -0.271 e. The molecule has 2 aromatic carbocycles. The second-order valence-electron chi connectivity index (χ2n) is 4.82. The third-order valence-electron chi connectivity index (χ3n) is 3.08. The van der Waals surface area contributed by atoms with Gasteiger partial charge in [-0.25, -0.2) is 0 Å². The molecular formula is C16H19BrN2S. The predicted octanol–water partition coefficient (Wildman–Crippen LogP) is 3.92. The maximum atomic E-state index is 5.67. The van der Waals surface area contributed by atoms with Crippen molar-refractivity contribution in [3.8, 4) is 0 Å². The molecule has 2 aromatic rings. The summed E-state index contributed by atoms with van der Waals surface area (Å²) in [6.45, 7) is 2.10. The monoisotopic (exact) mass is 350 g/mol. The first-order chi connectivity index (χ1) is 9.67. The molecule has 0 aliphatic rings. The quantitative estimate of drug-likeness (QED) is 0.471. The highest BCUT2D eigenvalue weighted by atomic mass is 79.9. The van der Waals surface area contributed by atoms with Gasteiger partial charge in [-0.3, -0.25) is 11.3 Å². The van der Waals surface area contributed by atoms with E-state index in [9.17, 15) is 0 Å².